The molecule has 0 radical (unpaired) electrons. The van der Waals surface area contributed by atoms with Crippen molar-refractivity contribution in [1.29, 1.82) is 0 Å². The molecular weight excluding hydrogens is 460 g/mol. The molecule has 1 aliphatic heterocycles. The lowest BCUT2D eigenvalue weighted by atomic mass is 10.1. The molecule has 1 saturated carbocycles. The third-order valence-electron chi connectivity index (χ3n) is 7.58. The molecule has 36 heavy (non-hydrogen) atoms. The van der Waals surface area contributed by atoms with E-state index in [4.69, 9.17) is 9.97 Å². The van der Waals surface area contributed by atoms with Crippen LogP contribution in [0.4, 0.5) is 11.8 Å². The third kappa shape index (κ3) is 5.90. The van der Waals surface area contributed by atoms with E-state index in [0.717, 1.165) is 39.0 Å². The molecule has 1 saturated heterocycles. The first-order valence-electron chi connectivity index (χ1n) is 13.6. The number of nitrogens with zero attached hydrogens (tertiary/aromatic N) is 5. The minimum absolute atomic E-state index is 0.151. The predicted molar refractivity (Wildman–Crippen MR) is 140 cm³/mol. The van der Waals surface area contributed by atoms with Crippen LogP contribution in [0.5, 0.6) is 0 Å². The van der Waals surface area contributed by atoms with Crippen molar-refractivity contribution in [3.63, 3.8) is 0 Å². The number of carbonyl (C=O) groups is 1. The van der Waals surface area contributed by atoms with Crippen LogP contribution in [0.1, 0.15) is 71.8 Å². The molecule has 3 heterocycles. The molecule has 0 bridgehead atoms. The van der Waals surface area contributed by atoms with Crippen LogP contribution < -0.4 is 16.0 Å². The van der Waals surface area contributed by atoms with Crippen molar-refractivity contribution >= 4 is 28.8 Å². The molecule has 11 nitrogen and oxygen atoms in total. The van der Waals surface area contributed by atoms with Crippen molar-refractivity contribution < 1.29 is 15.0 Å². The number of likely N-dealkylation sites (tertiary alicyclic amines) is 1. The van der Waals surface area contributed by atoms with Gasteiger partial charge in [0.2, 0.25) is 11.9 Å². The Hall–Kier alpha value is -2.50. The molecule has 1 aliphatic carbocycles. The summed E-state index contributed by atoms with van der Waals surface area (Å²) in [5.41, 5.74) is 1.23. The molecule has 0 aromatic carbocycles. The summed E-state index contributed by atoms with van der Waals surface area (Å²) in [6, 6.07) is -0.743. The zero-order chi connectivity index (χ0) is 25.7. The van der Waals surface area contributed by atoms with Crippen molar-refractivity contribution in [3.8, 4) is 0 Å². The quantitative estimate of drug-likeness (QED) is 0.311. The Bertz CT molecular complexity index is 1000. The van der Waals surface area contributed by atoms with Gasteiger partial charge in [0.1, 0.15) is 12.2 Å². The van der Waals surface area contributed by atoms with Gasteiger partial charge in [-0.05, 0) is 45.2 Å². The van der Waals surface area contributed by atoms with Crippen LogP contribution in [0.2, 0.25) is 0 Å². The number of piperidine rings is 1. The number of anilines is 2. The molecule has 4 atom stereocenters. The summed E-state index contributed by atoms with van der Waals surface area (Å²) >= 11 is 0. The van der Waals surface area contributed by atoms with Crippen LogP contribution in [-0.2, 0) is 4.79 Å². The van der Waals surface area contributed by atoms with Gasteiger partial charge in [0.05, 0.1) is 18.4 Å². The summed E-state index contributed by atoms with van der Waals surface area (Å²) in [6.45, 7) is 9.97. The number of amides is 1. The number of hydrogen-bond donors (Lipinski definition) is 5. The largest absolute Gasteiger partial charge is 0.388 e. The number of aromatic nitrogens is 4. The van der Waals surface area contributed by atoms with Gasteiger partial charge in [-0.1, -0.05) is 27.2 Å². The lowest BCUT2D eigenvalue weighted by Crippen LogP contribution is -2.42. The third-order valence-corrected chi connectivity index (χ3v) is 7.58. The van der Waals surface area contributed by atoms with Crippen LogP contribution >= 0.6 is 0 Å². The lowest BCUT2D eigenvalue weighted by molar-refractivity contribution is -0.122. The Labute approximate surface area is 213 Å². The average molecular weight is 503 g/mol. The predicted octanol–water partition coefficient (Wildman–Crippen LogP) is 1.89. The zero-order valence-corrected chi connectivity index (χ0v) is 21.8. The van der Waals surface area contributed by atoms with Gasteiger partial charge in [0, 0.05) is 25.6 Å². The lowest BCUT2D eigenvalue weighted by Gasteiger charge is -2.26. The highest BCUT2D eigenvalue weighted by Crippen LogP contribution is 2.34. The molecule has 2 aromatic rings. The fraction of sp³-hybridized carbons (Fsp3) is 0.760. The standard InChI is InChI=1S/C25H42N8O3/c1-4-16(5-2)28-23-20-24(31-25(30-23)26-10-13-32-11-8-7-9-12-32)33(15-27-20)18-14-17(21(35)22(18)36)29-19(34)6-3/h15-18,21-22,35-36H,4-14H2,1-3H3,(H,29,34)(H2,26,28,30,31)/t17-,18?,21+,22-/m0/s1. The summed E-state index contributed by atoms with van der Waals surface area (Å²) in [5, 5.41) is 31.2. The second-order valence-corrected chi connectivity index (χ2v) is 10.0. The van der Waals surface area contributed by atoms with Gasteiger partial charge in [0.15, 0.2) is 17.0 Å². The van der Waals surface area contributed by atoms with Gasteiger partial charge < -0.3 is 35.6 Å². The molecule has 5 N–H and O–H groups in total. The Morgan fingerprint density at radius 3 is 2.56 bits per heavy atom. The second-order valence-electron chi connectivity index (χ2n) is 10.0. The van der Waals surface area contributed by atoms with Gasteiger partial charge in [-0.15, -0.1) is 0 Å². The van der Waals surface area contributed by atoms with Crippen molar-refractivity contribution in [2.45, 2.75) is 96.1 Å². The van der Waals surface area contributed by atoms with E-state index in [1.165, 1.54) is 19.3 Å². The van der Waals surface area contributed by atoms with Crippen LogP contribution in [0.3, 0.4) is 0 Å². The van der Waals surface area contributed by atoms with Crippen LogP contribution in [0.15, 0.2) is 6.33 Å². The van der Waals surface area contributed by atoms with E-state index in [2.05, 4.69) is 39.7 Å². The van der Waals surface area contributed by atoms with E-state index in [1.54, 1.807) is 13.3 Å². The first kappa shape index (κ1) is 26.6. The monoisotopic (exact) mass is 502 g/mol. The maximum Gasteiger partial charge on any atom is 0.226 e. The van der Waals surface area contributed by atoms with Crippen LogP contribution in [0.25, 0.3) is 11.2 Å². The van der Waals surface area contributed by atoms with Gasteiger partial charge in [-0.25, -0.2) is 4.98 Å². The number of aliphatic hydroxyl groups is 2. The summed E-state index contributed by atoms with van der Waals surface area (Å²) < 4.78 is 1.82. The summed E-state index contributed by atoms with van der Waals surface area (Å²) in [4.78, 5) is 28.5. The average Bonchev–Trinajstić information content (AvgIpc) is 3.44. The van der Waals surface area contributed by atoms with Crippen molar-refractivity contribution in [2.24, 2.45) is 0 Å². The highest BCUT2D eigenvalue weighted by molar-refractivity contribution is 5.84. The maximum atomic E-state index is 11.9. The fourth-order valence-electron chi connectivity index (χ4n) is 5.27. The van der Waals surface area contributed by atoms with E-state index < -0.39 is 24.3 Å². The fourth-order valence-corrected chi connectivity index (χ4v) is 5.27. The molecular formula is C25H42N8O3. The summed E-state index contributed by atoms with van der Waals surface area (Å²) in [7, 11) is 0. The number of hydrogen-bond acceptors (Lipinski definition) is 9. The van der Waals surface area contributed by atoms with E-state index >= 15 is 0 Å². The minimum Gasteiger partial charge on any atom is -0.388 e. The normalized spacial score (nSPS) is 24.9. The van der Waals surface area contributed by atoms with Crippen LogP contribution in [0, 0.1) is 0 Å². The van der Waals surface area contributed by atoms with E-state index in [0.29, 0.717) is 35.8 Å². The Morgan fingerprint density at radius 1 is 1.11 bits per heavy atom. The topological polar surface area (TPSA) is 140 Å². The van der Waals surface area contributed by atoms with E-state index in [9.17, 15) is 15.0 Å². The first-order valence-corrected chi connectivity index (χ1v) is 13.6. The maximum absolute atomic E-state index is 11.9. The molecule has 4 rings (SSSR count). The molecule has 11 heteroatoms. The molecule has 1 unspecified atom stereocenters. The van der Waals surface area contributed by atoms with Gasteiger partial charge >= 0.3 is 0 Å². The number of aliphatic hydroxyl groups excluding tert-OH is 2. The molecule has 1 amide bonds. The summed E-state index contributed by atoms with van der Waals surface area (Å²) in [6.07, 6.45) is 5.96. The zero-order valence-electron chi connectivity index (χ0n) is 21.8. The molecule has 2 aliphatic rings. The Kier molecular flexibility index (Phi) is 8.97. The highest BCUT2D eigenvalue weighted by Gasteiger charge is 2.43. The van der Waals surface area contributed by atoms with Crippen molar-refractivity contribution in [1.82, 2.24) is 29.7 Å². The summed E-state index contributed by atoms with van der Waals surface area (Å²) in [5.74, 6) is 1.02. The molecule has 0 spiro atoms. The van der Waals surface area contributed by atoms with E-state index in [1.807, 2.05) is 4.57 Å². The molecule has 200 valence electrons. The number of rotatable bonds is 11. The smallest absolute Gasteiger partial charge is 0.226 e. The minimum atomic E-state index is -1.06. The Morgan fingerprint density at radius 2 is 1.86 bits per heavy atom. The number of fused-ring (bicyclic) bond motifs is 1. The van der Waals surface area contributed by atoms with Gasteiger partial charge in [-0.3, -0.25) is 4.79 Å². The van der Waals surface area contributed by atoms with E-state index in [-0.39, 0.29) is 11.9 Å². The van der Waals surface area contributed by atoms with Crippen molar-refractivity contribution in [3.05, 3.63) is 6.33 Å². The first-order chi connectivity index (χ1) is 17.4. The Balaban J connectivity index is 1.60. The van der Waals surface area contributed by atoms with Crippen molar-refractivity contribution in [2.75, 3.05) is 36.8 Å². The molecule has 2 fully saturated rings. The number of imidazole rings is 1. The molecule has 2 aromatic heterocycles. The SMILES string of the molecule is CCC(=O)N[C@H]1CC(n2cnc3c(NC(CC)CC)nc(NCCN4CCCCC4)nc32)[C@H](O)[C@@H]1O. The van der Waals surface area contributed by atoms with Gasteiger partial charge in [0.25, 0.3) is 0 Å². The second kappa shape index (κ2) is 12.2. The van der Waals surface area contributed by atoms with Gasteiger partial charge in [-0.2, -0.15) is 9.97 Å². The number of nitrogens with one attached hydrogen (secondary N) is 3. The van der Waals surface area contributed by atoms with Crippen LogP contribution in [-0.4, -0.2) is 91.0 Å². The number of carbonyl (C=O) groups excluding carboxylic acids is 1. The highest BCUT2D eigenvalue weighted by atomic mass is 16.3.